The molecule has 102 valence electrons. The molecule has 4 heteroatoms. The molecule has 1 atom stereocenters. The number of halogens is 2. The molecule has 3 rings (SSSR count). The van der Waals surface area contributed by atoms with E-state index >= 15 is 0 Å². The molecule has 1 aromatic carbocycles. The zero-order valence-electron chi connectivity index (χ0n) is 11.3. The van der Waals surface area contributed by atoms with E-state index in [1.165, 1.54) is 6.42 Å². The molecule has 1 unspecified atom stereocenters. The van der Waals surface area contributed by atoms with Gasteiger partial charge in [-0.2, -0.15) is 0 Å². The Labute approximate surface area is 123 Å². The average Bonchev–Trinajstić information content (AvgIpc) is 2.79. The number of hydrogen-bond acceptors (Lipinski definition) is 1. The molecule has 1 aliphatic carbocycles. The Morgan fingerprint density at radius 1 is 1.42 bits per heavy atom. The van der Waals surface area contributed by atoms with Crippen molar-refractivity contribution in [2.24, 2.45) is 11.3 Å². The van der Waals surface area contributed by atoms with Gasteiger partial charge in [0.25, 0.3) is 0 Å². The maximum absolute atomic E-state index is 6.36. The van der Waals surface area contributed by atoms with Gasteiger partial charge in [0.1, 0.15) is 5.82 Å². The van der Waals surface area contributed by atoms with Crippen molar-refractivity contribution in [1.29, 1.82) is 0 Å². The second-order valence-electron chi connectivity index (χ2n) is 6.07. The SMILES string of the molecule is CC1(C)CC1Cn1c(CCCl)nc2cccc(Cl)c21. The topological polar surface area (TPSA) is 17.8 Å². The molecule has 1 fully saturated rings. The zero-order valence-corrected chi connectivity index (χ0v) is 12.8. The predicted molar refractivity (Wildman–Crippen MR) is 81.1 cm³/mol. The minimum Gasteiger partial charge on any atom is -0.326 e. The van der Waals surface area contributed by atoms with Gasteiger partial charge in [-0.25, -0.2) is 4.98 Å². The second-order valence-corrected chi connectivity index (χ2v) is 6.86. The van der Waals surface area contributed by atoms with Gasteiger partial charge in [0, 0.05) is 18.8 Å². The summed E-state index contributed by atoms with van der Waals surface area (Å²) in [5.74, 6) is 2.37. The summed E-state index contributed by atoms with van der Waals surface area (Å²) in [6.45, 7) is 5.64. The first-order valence-corrected chi connectivity index (χ1v) is 7.64. The Balaban J connectivity index is 2.05. The number of fused-ring (bicyclic) bond motifs is 1. The van der Waals surface area contributed by atoms with Crippen LogP contribution in [0.25, 0.3) is 11.0 Å². The molecule has 1 saturated carbocycles. The molecule has 1 aromatic heterocycles. The molecule has 0 radical (unpaired) electrons. The van der Waals surface area contributed by atoms with Gasteiger partial charge in [-0.15, -0.1) is 11.6 Å². The molecule has 0 aliphatic heterocycles. The van der Waals surface area contributed by atoms with Gasteiger partial charge in [-0.3, -0.25) is 0 Å². The highest BCUT2D eigenvalue weighted by Crippen LogP contribution is 2.52. The van der Waals surface area contributed by atoms with E-state index in [9.17, 15) is 0 Å². The quantitative estimate of drug-likeness (QED) is 0.759. The third-order valence-corrected chi connectivity index (χ3v) is 4.73. The monoisotopic (exact) mass is 296 g/mol. The molecule has 0 saturated heterocycles. The molecule has 1 aliphatic rings. The number of para-hydroxylation sites is 1. The van der Waals surface area contributed by atoms with E-state index in [2.05, 4.69) is 23.4 Å². The van der Waals surface area contributed by atoms with E-state index in [0.29, 0.717) is 11.3 Å². The second kappa shape index (κ2) is 4.68. The number of aryl methyl sites for hydroxylation is 1. The predicted octanol–water partition coefficient (Wildman–Crippen LogP) is 4.52. The van der Waals surface area contributed by atoms with Crippen LogP contribution in [0.2, 0.25) is 5.02 Å². The summed E-state index contributed by atoms with van der Waals surface area (Å²) in [6, 6.07) is 5.91. The summed E-state index contributed by atoms with van der Waals surface area (Å²) >= 11 is 12.3. The minimum absolute atomic E-state index is 0.454. The van der Waals surface area contributed by atoms with E-state index < -0.39 is 0 Å². The first-order valence-electron chi connectivity index (χ1n) is 6.72. The Kier molecular flexibility index (Phi) is 3.26. The lowest BCUT2D eigenvalue weighted by Crippen LogP contribution is -2.08. The van der Waals surface area contributed by atoms with Gasteiger partial charge < -0.3 is 4.57 Å². The smallest absolute Gasteiger partial charge is 0.111 e. The largest absolute Gasteiger partial charge is 0.326 e. The third kappa shape index (κ3) is 2.36. The number of imidazole rings is 1. The maximum Gasteiger partial charge on any atom is 0.111 e. The lowest BCUT2D eigenvalue weighted by Gasteiger charge is -2.10. The van der Waals surface area contributed by atoms with Crippen molar-refractivity contribution in [3.63, 3.8) is 0 Å². The minimum atomic E-state index is 0.454. The highest BCUT2D eigenvalue weighted by Gasteiger charge is 2.45. The van der Waals surface area contributed by atoms with Gasteiger partial charge in [-0.1, -0.05) is 31.5 Å². The summed E-state index contributed by atoms with van der Waals surface area (Å²) in [6.07, 6.45) is 2.07. The lowest BCUT2D eigenvalue weighted by molar-refractivity contribution is 0.496. The normalized spacial score (nSPS) is 20.9. The van der Waals surface area contributed by atoms with E-state index in [4.69, 9.17) is 23.2 Å². The van der Waals surface area contributed by atoms with Crippen molar-refractivity contribution < 1.29 is 0 Å². The molecule has 2 aromatic rings. The van der Waals surface area contributed by atoms with Crippen LogP contribution in [0.3, 0.4) is 0 Å². The summed E-state index contributed by atoms with van der Waals surface area (Å²) in [5.41, 5.74) is 2.49. The Hall–Kier alpha value is -0.730. The number of rotatable bonds is 4. The van der Waals surface area contributed by atoms with E-state index in [-0.39, 0.29) is 0 Å². The fourth-order valence-corrected chi connectivity index (χ4v) is 3.21. The van der Waals surface area contributed by atoms with Crippen molar-refractivity contribution in [2.45, 2.75) is 33.2 Å². The van der Waals surface area contributed by atoms with Crippen LogP contribution in [0, 0.1) is 11.3 Å². The van der Waals surface area contributed by atoms with E-state index in [0.717, 1.165) is 40.8 Å². The van der Waals surface area contributed by atoms with Crippen LogP contribution >= 0.6 is 23.2 Å². The van der Waals surface area contributed by atoms with Crippen molar-refractivity contribution >= 4 is 34.2 Å². The van der Waals surface area contributed by atoms with Crippen LogP contribution < -0.4 is 0 Å². The Morgan fingerprint density at radius 2 is 2.16 bits per heavy atom. The first-order chi connectivity index (χ1) is 9.03. The van der Waals surface area contributed by atoms with Crippen LogP contribution in [-0.2, 0) is 13.0 Å². The molecule has 0 N–H and O–H groups in total. The first kappa shape index (κ1) is 13.3. The number of alkyl halides is 1. The summed E-state index contributed by atoms with van der Waals surface area (Å²) < 4.78 is 2.28. The highest BCUT2D eigenvalue weighted by molar-refractivity contribution is 6.35. The van der Waals surface area contributed by atoms with Crippen molar-refractivity contribution in [3.8, 4) is 0 Å². The van der Waals surface area contributed by atoms with Crippen LogP contribution in [0.5, 0.6) is 0 Å². The third-order valence-electron chi connectivity index (χ3n) is 4.24. The fourth-order valence-electron chi connectivity index (χ4n) is 2.77. The summed E-state index contributed by atoms with van der Waals surface area (Å²) in [4.78, 5) is 4.69. The van der Waals surface area contributed by atoms with Gasteiger partial charge >= 0.3 is 0 Å². The molecule has 1 heterocycles. The van der Waals surface area contributed by atoms with Crippen LogP contribution in [-0.4, -0.2) is 15.4 Å². The van der Waals surface area contributed by atoms with Crippen molar-refractivity contribution in [2.75, 3.05) is 5.88 Å². The molecule has 2 nitrogen and oxygen atoms in total. The molecule has 19 heavy (non-hydrogen) atoms. The van der Waals surface area contributed by atoms with E-state index in [1.807, 2.05) is 18.2 Å². The van der Waals surface area contributed by atoms with Gasteiger partial charge in [0.2, 0.25) is 0 Å². The van der Waals surface area contributed by atoms with Crippen molar-refractivity contribution in [3.05, 3.63) is 29.0 Å². The molecule has 0 amide bonds. The zero-order chi connectivity index (χ0) is 13.6. The number of benzene rings is 1. The Morgan fingerprint density at radius 3 is 2.79 bits per heavy atom. The molecular weight excluding hydrogens is 279 g/mol. The molecular formula is C15H18Cl2N2. The number of hydrogen-bond donors (Lipinski definition) is 0. The molecule has 0 spiro atoms. The van der Waals surface area contributed by atoms with Crippen LogP contribution in [0.1, 0.15) is 26.1 Å². The Bertz CT molecular complexity index is 616. The summed E-state index contributed by atoms with van der Waals surface area (Å²) in [7, 11) is 0. The average molecular weight is 297 g/mol. The van der Waals surface area contributed by atoms with Crippen molar-refractivity contribution in [1.82, 2.24) is 9.55 Å². The number of aromatic nitrogens is 2. The number of nitrogens with zero attached hydrogens (tertiary/aromatic N) is 2. The van der Waals surface area contributed by atoms with E-state index in [1.54, 1.807) is 0 Å². The standard InChI is InChI=1S/C15H18Cl2N2/c1-15(2)8-10(15)9-19-13(6-7-16)18-12-5-3-4-11(17)14(12)19/h3-5,10H,6-9H2,1-2H3. The van der Waals surface area contributed by atoms with Gasteiger partial charge in [-0.05, 0) is 29.9 Å². The lowest BCUT2D eigenvalue weighted by atomic mass is 10.1. The summed E-state index contributed by atoms with van der Waals surface area (Å²) in [5, 5.41) is 0.782. The maximum atomic E-state index is 6.36. The van der Waals surface area contributed by atoms with Crippen LogP contribution in [0.15, 0.2) is 18.2 Å². The van der Waals surface area contributed by atoms with Gasteiger partial charge in [0.15, 0.2) is 0 Å². The fraction of sp³-hybridized carbons (Fsp3) is 0.533. The van der Waals surface area contributed by atoms with Gasteiger partial charge in [0.05, 0.1) is 16.1 Å². The highest BCUT2D eigenvalue weighted by atomic mass is 35.5. The molecule has 0 bridgehead atoms. The van der Waals surface area contributed by atoms with Crippen LogP contribution in [0.4, 0.5) is 0 Å².